The number of aromatic nitrogens is 4. The van der Waals surface area contributed by atoms with E-state index in [4.69, 9.17) is 12.2 Å². The molecule has 0 atom stereocenters. The van der Waals surface area contributed by atoms with Crippen molar-refractivity contribution in [3.05, 3.63) is 69.3 Å². The van der Waals surface area contributed by atoms with E-state index < -0.39 is 0 Å². The molecule has 0 saturated heterocycles. The summed E-state index contributed by atoms with van der Waals surface area (Å²) in [5, 5.41) is 11.2. The van der Waals surface area contributed by atoms with Gasteiger partial charge in [-0.25, -0.2) is 0 Å². The van der Waals surface area contributed by atoms with Gasteiger partial charge < -0.3 is 9.88 Å². The SMILES string of the molecule is O=C(Cn1c2ccccc2c(=O)c2ccccc21)NCc1n[nH]c(=S)n1C1CC1. The summed E-state index contributed by atoms with van der Waals surface area (Å²) in [5.41, 5.74) is 1.46. The van der Waals surface area contributed by atoms with Gasteiger partial charge in [0.2, 0.25) is 5.91 Å². The van der Waals surface area contributed by atoms with Gasteiger partial charge in [-0.2, -0.15) is 5.10 Å². The zero-order valence-electron chi connectivity index (χ0n) is 15.6. The Hall–Kier alpha value is -3.26. The van der Waals surface area contributed by atoms with E-state index in [1.165, 1.54) is 0 Å². The lowest BCUT2D eigenvalue weighted by Gasteiger charge is -2.15. The molecule has 1 saturated carbocycles. The van der Waals surface area contributed by atoms with E-state index in [0.29, 0.717) is 28.1 Å². The number of pyridine rings is 1. The molecule has 2 heterocycles. The van der Waals surface area contributed by atoms with Crippen molar-refractivity contribution in [2.24, 2.45) is 0 Å². The van der Waals surface area contributed by atoms with E-state index in [-0.39, 0.29) is 17.9 Å². The molecule has 8 heteroatoms. The van der Waals surface area contributed by atoms with E-state index in [1.54, 1.807) is 12.1 Å². The zero-order chi connectivity index (χ0) is 20.0. The summed E-state index contributed by atoms with van der Waals surface area (Å²) >= 11 is 5.29. The van der Waals surface area contributed by atoms with Crippen molar-refractivity contribution in [3.8, 4) is 0 Å². The zero-order valence-corrected chi connectivity index (χ0v) is 16.4. The number of para-hydroxylation sites is 2. The normalized spacial score (nSPS) is 13.8. The molecule has 29 heavy (non-hydrogen) atoms. The van der Waals surface area contributed by atoms with Gasteiger partial charge in [0.15, 0.2) is 16.0 Å². The molecule has 1 fully saturated rings. The van der Waals surface area contributed by atoms with Crippen molar-refractivity contribution in [3.63, 3.8) is 0 Å². The third-order valence-electron chi connectivity index (χ3n) is 5.31. The van der Waals surface area contributed by atoms with Crippen LogP contribution in [0.4, 0.5) is 0 Å². The second-order valence-electron chi connectivity index (χ2n) is 7.27. The lowest BCUT2D eigenvalue weighted by molar-refractivity contribution is -0.121. The number of carbonyl (C=O) groups is 1. The molecule has 2 aromatic carbocycles. The molecule has 0 radical (unpaired) electrons. The molecule has 2 N–H and O–H groups in total. The molecule has 0 aliphatic heterocycles. The second-order valence-corrected chi connectivity index (χ2v) is 7.66. The van der Waals surface area contributed by atoms with Crippen LogP contribution in [0.1, 0.15) is 24.7 Å². The Morgan fingerprint density at radius 2 is 1.72 bits per heavy atom. The Balaban J connectivity index is 1.47. The Kier molecular flexibility index (Phi) is 4.28. The highest BCUT2D eigenvalue weighted by Gasteiger charge is 2.27. The summed E-state index contributed by atoms with van der Waals surface area (Å²) < 4.78 is 4.47. The number of amides is 1. The van der Waals surface area contributed by atoms with Crippen LogP contribution >= 0.6 is 12.2 Å². The number of rotatable bonds is 5. The van der Waals surface area contributed by atoms with Gasteiger partial charge in [-0.3, -0.25) is 19.3 Å². The van der Waals surface area contributed by atoms with Crippen molar-refractivity contribution in [2.45, 2.75) is 32.0 Å². The number of aromatic amines is 1. The van der Waals surface area contributed by atoms with Crippen molar-refractivity contribution in [2.75, 3.05) is 0 Å². The number of H-pyrrole nitrogens is 1. The topological polar surface area (TPSA) is 84.7 Å². The van der Waals surface area contributed by atoms with Crippen LogP contribution in [0.2, 0.25) is 0 Å². The Bertz CT molecular complexity index is 1300. The molecule has 0 unspecified atom stereocenters. The van der Waals surface area contributed by atoms with Crippen LogP contribution in [0.5, 0.6) is 0 Å². The standard InChI is InChI=1S/C21H19N5O2S/c27-19(22-11-18-23-24-21(29)26(18)13-9-10-13)12-25-16-7-3-1-5-14(16)20(28)15-6-2-4-8-17(15)25/h1-8,13H,9-12H2,(H,22,27)(H,24,29). The van der Waals surface area contributed by atoms with Crippen LogP contribution in [0.15, 0.2) is 53.3 Å². The minimum Gasteiger partial charge on any atom is -0.347 e. The number of fused-ring (bicyclic) bond motifs is 2. The number of carbonyl (C=O) groups excluding carboxylic acids is 1. The fourth-order valence-corrected chi connectivity index (χ4v) is 4.10. The van der Waals surface area contributed by atoms with Crippen molar-refractivity contribution in [1.82, 2.24) is 24.6 Å². The molecular formula is C21H19N5O2S. The monoisotopic (exact) mass is 405 g/mol. The smallest absolute Gasteiger partial charge is 0.240 e. The fraction of sp³-hybridized carbons (Fsp3) is 0.238. The molecule has 5 rings (SSSR count). The molecule has 2 aromatic heterocycles. The van der Waals surface area contributed by atoms with E-state index in [2.05, 4.69) is 15.5 Å². The van der Waals surface area contributed by atoms with Gasteiger partial charge in [0.1, 0.15) is 6.54 Å². The average molecular weight is 405 g/mol. The summed E-state index contributed by atoms with van der Waals surface area (Å²) in [6.45, 7) is 0.411. The highest BCUT2D eigenvalue weighted by molar-refractivity contribution is 7.71. The molecule has 1 aliphatic rings. The molecule has 146 valence electrons. The first-order valence-corrected chi connectivity index (χ1v) is 9.97. The van der Waals surface area contributed by atoms with Crippen LogP contribution in [-0.4, -0.2) is 25.2 Å². The van der Waals surface area contributed by atoms with Gasteiger partial charge >= 0.3 is 0 Å². The Labute approximate surface area is 171 Å². The number of hydrogen-bond acceptors (Lipinski definition) is 4. The number of hydrogen-bond donors (Lipinski definition) is 2. The van der Waals surface area contributed by atoms with E-state index in [1.807, 2.05) is 45.5 Å². The molecule has 7 nitrogen and oxygen atoms in total. The summed E-state index contributed by atoms with van der Waals surface area (Å²) in [5.74, 6) is 0.584. The van der Waals surface area contributed by atoms with Crippen LogP contribution < -0.4 is 10.7 Å². The molecule has 1 amide bonds. The maximum absolute atomic E-state index is 12.8. The summed E-state index contributed by atoms with van der Waals surface area (Å²) in [4.78, 5) is 25.6. The molecule has 1 aliphatic carbocycles. The fourth-order valence-electron chi connectivity index (χ4n) is 3.80. The van der Waals surface area contributed by atoms with Gasteiger partial charge in [-0.1, -0.05) is 24.3 Å². The van der Waals surface area contributed by atoms with E-state index in [0.717, 1.165) is 29.7 Å². The minimum atomic E-state index is -0.153. The summed E-state index contributed by atoms with van der Waals surface area (Å²) in [7, 11) is 0. The first kappa shape index (κ1) is 17.8. The second kappa shape index (κ2) is 6.97. The van der Waals surface area contributed by atoms with Gasteiger partial charge in [0.05, 0.1) is 17.6 Å². The molecule has 0 spiro atoms. The first-order valence-electron chi connectivity index (χ1n) is 9.56. The lowest BCUT2D eigenvalue weighted by Crippen LogP contribution is -2.29. The van der Waals surface area contributed by atoms with Crippen LogP contribution in [0.3, 0.4) is 0 Å². The Morgan fingerprint density at radius 1 is 1.10 bits per heavy atom. The van der Waals surface area contributed by atoms with Gasteiger partial charge in [0.25, 0.3) is 0 Å². The Morgan fingerprint density at radius 3 is 2.34 bits per heavy atom. The van der Waals surface area contributed by atoms with Crippen LogP contribution in [0.25, 0.3) is 21.8 Å². The van der Waals surface area contributed by atoms with Gasteiger partial charge in [0, 0.05) is 16.8 Å². The van der Waals surface area contributed by atoms with Crippen molar-refractivity contribution < 1.29 is 4.79 Å². The minimum absolute atomic E-state index is 0.0205. The van der Waals surface area contributed by atoms with E-state index >= 15 is 0 Å². The first-order chi connectivity index (χ1) is 14.1. The number of benzene rings is 2. The highest BCUT2D eigenvalue weighted by atomic mass is 32.1. The number of nitrogens with zero attached hydrogens (tertiary/aromatic N) is 3. The van der Waals surface area contributed by atoms with Crippen molar-refractivity contribution >= 4 is 39.9 Å². The van der Waals surface area contributed by atoms with Crippen molar-refractivity contribution in [1.29, 1.82) is 0 Å². The predicted molar refractivity (Wildman–Crippen MR) is 113 cm³/mol. The van der Waals surface area contributed by atoms with E-state index in [9.17, 15) is 9.59 Å². The third-order valence-corrected chi connectivity index (χ3v) is 5.60. The maximum atomic E-state index is 12.8. The third kappa shape index (κ3) is 3.15. The quantitative estimate of drug-likeness (QED) is 0.395. The maximum Gasteiger partial charge on any atom is 0.240 e. The van der Waals surface area contributed by atoms with Gasteiger partial charge in [-0.05, 0) is 49.3 Å². The predicted octanol–water partition coefficient (Wildman–Crippen LogP) is 3.06. The van der Waals surface area contributed by atoms with Crippen LogP contribution in [0, 0.1) is 4.77 Å². The average Bonchev–Trinajstić information content (AvgIpc) is 3.51. The lowest BCUT2D eigenvalue weighted by atomic mass is 10.1. The summed E-state index contributed by atoms with van der Waals surface area (Å²) in [6.07, 6.45) is 2.17. The van der Waals surface area contributed by atoms with Gasteiger partial charge in [-0.15, -0.1) is 0 Å². The molecule has 4 aromatic rings. The number of nitrogens with one attached hydrogen (secondary N) is 2. The largest absolute Gasteiger partial charge is 0.347 e. The highest BCUT2D eigenvalue weighted by Crippen LogP contribution is 2.35. The molecule has 0 bridgehead atoms. The summed E-state index contributed by atoms with van der Waals surface area (Å²) in [6, 6.07) is 15.1. The molecular weight excluding hydrogens is 386 g/mol. The van der Waals surface area contributed by atoms with Crippen LogP contribution in [-0.2, 0) is 17.9 Å².